The topological polar surface area (TPSA) is 3.24 Å². The third-order valence-corrected chi connectivity index (χ3v) is 6.08. The van der Waals surface area contributed by atoms with Crippen molar-refractivity contribution in [2.45, 2.75) is 60.8 Å². The zero-order valence-electron chi connectivity index (χ0n) is 15.6. The number of hydrogen-bond acceptors (Lipinski definition) is 1. The second-order valence-corrected chi connectivity index (χ2v) is 8.49. The third kappa shape index (κ3) is 3.28. The van der Waals surface area contributed by atoms with Gasteiger partial charge in [0.1, 0.15) is 0 Å². The summed E-state index contributed by atoms with van der Waals surface area (Å²) in [7, 11) is 0. The molecule has 0 saturated carbocycles. The highest BCUT2D eigenvalue weighted by atomic mass is 127. The molecule has 1 nitrogen and oxygen atoms in total. The molecule has 0 aromatic heterocycles. The van der Waals surface area contributed by atoms with Crippen LogP contribution in [0.15, 0.2) is 24.3 Å². The van der Waals surface area contributed by atoms with E-state index in [1.165, 1.54) is 44.8 Å². The van der Waals surface area contributed by atoms with Crippen molar-refractivity contribution in [1.82, 2.24) is 0 Å². The smallest absolute Gasteiger partial charge is 0.0646 e. The summed E-state index contributed by atoms with van der Waals surface area (Å²) in [5.74, 6) is 0. The summed E-state index contributed by atoms with van der Waals surface area (Å²) in [6.07, 6.45) is 0. The molecule has 2 heteroatoms. The maximum atomic E-state index is 2.47. The molecular weight excluding hydrogens is 393 g/mol. The minimum atomic E-state index is 0.122. The number of nitrogens with zero attached hydrogens (tertiary/aromatic N) is 1. The maximum Gasteiger partial charge on any atom is 0.0646 e. The molecule has 0 fully saturated rings. The van der Waals surface area contributed by atoms with Gasteiger partial charge < -0.3 is 0 Å². The molecule has 0 amide bonds. The first kappa shape index (κ1) is 18.3. The molecule has 0 radical (unpaired) electrons. The second kappa shape index (κ2) is 6.46. The van der Waals surface area contributed by atoms with Gasteiger partial charge in [-0.15, -0.1) is 0 Å². The van der Waals surface area contributed by atoms with Crippen LogP contribution in [0.3, 0.4) is 0 Å². The number of anilines is 2. The minimum Gasteiger partial charge on any atom is -0.282 e. The van der Waals surface area contributed by atoms with Crippen molar-refractivity contribution in [2.75, 3.05) is 3.11 Å². The van der Waals surface area contributed by atoms with Crippen LogP contribution in [-0.4, -0.2) is 0 Å². The highest BCUT2D eigenvalue weighted by Crippen LogP contribution is 2.42. The minimum absolute atomic E-state index is 0.122. The number of benzene rings is 2. The predicted octanol–water partition coefficient (Wildman–Crippen LogP) is 7.01. The molecule has 0 aliphatic carbocycles. The van der Waals surface area contributed by atoms with Gasteiger partial charge in [-0.3, -0.25) is 3.11 Å². The average Bonchev–Trinajstić information content (AvgIpc) is 2.50. The van der Waals surface area contributed by atoms with Crippen LogP contribution < -0.4 is 3.11 Å². The molecule has 0 spiro atoms. The van der Waals surface area contributed by atoms with Crippen LogP contribution in [0, 0.1) is 34.6 Å². The average molecular weight is 421 g/mol. The van der Waals surface area contributed by atoms with Gasteiger partial charge in [-0.25, -0.2) is 0 Å². The number of para-hydroxylation sites is 1. The first-order chi connectivity index (χ1) is 10.6. The van der Waals surface area contributed by atoms with E-state index in [1.807, 2.05) is 0 Å². The fraction of sp³-hybridized carbons (Fsp3) is 0.429. The molecule has 2 aromatic rings. The molecule has 0 atom stereocenters. The van der Waals surface area contributed by atoms with E-state index in [-0.39, 0.29) is 5.41 Å². The molecular formula is C21H28IN. The molecule has 0 heterocycles. The van der Waals surface area contributed by atoms with Crippen LogP contribution >= 0.6 is 22.9 Å². The summed E-state index contributed by atoms with van der Waals surface area (Å²) in [5.41, 5.74) is 11.1. The third-order valence-electron chi connectivity index (χ3n) is 5.08. The van der Waals surface area contributed by atoms with Gasteiger partial charge >= 0.3 is 0 Å². The monoisotopic (exact) mass is 421 g/mol. The van der Waals surface area contributed by atoms with Crippen LogP contribution in [0.25, 0.3) is 0 Å². The zero-order valence-corrected chi connectivity index (χ0v) is 17.8. The molecule has 23 heavy (non-hydrogen) atoms. The van der Waals surface area contributed by atoms with Crippen molar-refractivity contribution in [2.24, 2.45) is 0 Å². The normalized spacial score (nSPS) is 11.7. The van der Waals surface area contributed by atoms with Crippen molar-refractivity contribution in [3.8, 4) is 0 Å². The Morgan fingerprint density at radius 2 is 1.17 bits per heavy atom. The summed E-state index contributed by atoms with van der Waals surface area (Å²) >= 11 is 2.47. The van der Waals surface area contributed by atoms with Crippen LogP contribution in [0.4, 0.5) is 11.4 Å². The molecule has 0 unspecified atom stereocenters. The Balaban J connectivity index is 2.71. The van der Waals surface area contributed by atoms with E-state index in [0.717, 1.165) is 0 Å². The van der Waals surface area contributed by atoms with Crippen LogP contribution in [0.5, 0.6) is 0 Å². The van der Waals surface area contributed by atoms with Gasteiger partial charge in [-0.05, 0) is 79.5 Å². The van der Waals surface area contributed by atoms with E-state index in [4.69, 9.17) is 0 Å². The Kier molecular flexibility index (Phi) is 5.15. The number of rotatable bonds is 2. The highest BCUT2D eigenvalue weighted by molar-refractivity contribution is 14.1. The van der Waals surface area contributed by atoms with E-state index in [2.05, 4.69) is 106 Å². The van der Waals surface area contributed by atoms with E-state index in [1.54, 1.807) is 0 Å². The molecule has 124 valence electrons. The maximum absolute atomic E-state index is 2.47. The fourth-order valence-electron chi connectivity index (χ4n) is 3.17. The van der Waals surface area contributed by atoms with Crippen LogP contribution in [0.1, 0.15) is 54.2 Å². The van der Waals surface area contributed by atoms with Crippen molar-refractivity contribution in [3.63, 3.8) is 0 Å². The zero-order chi connectivity index (χ0) is 17.5. The van der Waals surface area contributed by atoms with Crippen molar-refractivity contribution >= 4 is 34.2 Å². The van der Waals surface area contributed by atoms with Crippen molar-refractivity contribution in [1.29, 1.82) is 0 Å². The van der Waals surface area contributed by atoms with E-state index in [9.17, 15) is 0 Å². The lowest BCUT2D eigenvalue weighted by molar-refractivity contribution is 0.592. The van der Waals surface area contributed by atoms with Crippen LogP contribution in [0.2, 0.25) is 0 Å². The second-order valence-electron chi connectivity index (χ2n) is 7.52. The van der Waals surface area contributed by atoms with Gasteiger partial charge in [0.2, 0.25) is 0 Å². The predicted molar refractivity (Wildman–Crippen MR) is 111 cm³/mol. The van der Waals surface area contributed by atoms with Crippen LogP contribution in [-0.2, 0) is 5.41 Å². The SMILES string of the molecule is Cc1c(C)c(C)c(N(I)c2ccccc2C(C)(C)C)c(C)c1C. The number of hydrogen-bond donors (Lipinski definition) is 0. The van der Waals surface area contributed by atoms with Crippen molar-refractivity contribution < 1.29 is 0 Å². The van der Waals surface area contributed by atoms with Gasteiger partial charge in [-0.1, -0.05) is 39.0 Å². The lowest BCUT2D eigenvalue weighted by Gasteiger charge is -2.30. The molecule has 0 aliphatic heterocycles. The lowest BCUT2D eigenvalue weighted by atomic mass is 9.85. The van der Waals surface area contributed by atoms with Gasteiger partial charge in [0.15, 0.2) is 0 Å². The summed E-state index contributed by atoms with van der Waals surface area (Å²) in [6, 6.07) is 8.75. The van der Waals surface area contributed by atoms with E-state index in [0.29, 0.717) is 0 Å². The molecule has 2 rings (SSSR count). The summed E-state index contributed by atoms with van der Waals surface area (Å²) in [6.45, 7) is 18.0. The van der Waals surface area contributed by atoms with Gasteiger partial charge in [0, 0.05) is 0 Å². The summed E-state index contributed by atoms with van der Waals surface area (Å²) < 4.78 is 2.35. The van der Waals surface area contributed by atoms with Gasteiger partial charge in [0.05, 0.1) is 34.2 Å². The first-order valence-electron chi connectivity index (χ1n) is 8.19. The molecule has 2 aromatic carbocycles. The Morgan fingerprint density at radius 1 is 0.739 bits per heavy atom. The standard InChI is InChI=1S/C21H28IN/c1-13-14(2)16(4)20(17(5)15(13)3)23(22)19-12-10-9-11-18(19)21(6,7)8/h9-12H,1-8H3. The Morgan fingerprint density at radius 3 is 1.65 bits per heavy atom. The van der Waals surface area contributed by atoms with Gasteiger partial charge in [0.25, 0.3) is 0 Å². The van der Waals surface area contributed by atoms with E-state index < -0.39 is 0 Å². The Bertz CT molecular complexity index is 709. The molecule has 0 bridgehead atoms. The summed E-state index contributed by atoms with van der Waals surface area (Å²) in [5, 5.41) is 0. The summed E-state index contributed by atoms with van der Waals surface area (Å²) in [4.78, 5) is 0. The van der Waals surface area contributed by atoms with E-state index >= 15 is 0 Å². The number of halogens is 1. The highest BCUT2D eigenvalue weighted by Gasteiger charge is 2.23. The first-order valence-corrected chi connectivity index (χ1v) is 9.16. The molecule has 0 N–H and O–H groups in total. The Labute approximate surface area is 155 Å². The van der Waals surface area contributed by atoms with Gasteiger partial charge in [-0.2, -0.15) is 0 Å². The largest absolute Gasteiger partial charge is 0.282 e. The Hall–Kier alpha value is -1.03. The van der Waals surface area contributed by atoms with Crippen molar-refractivity contribution in [3.05, 3.63) is 57.6 Å². The fourth-order valence-corrected chi connectivity index (χ4v) is 4.32. The molecule has 0 saturated heterocycles. The lowest BCUT2D eigenvalue weighted by Crippen LogP contribution is -2.17. The quantitative estimate of drug-likeness (QED) is 0.372. The molecule has 0 aliphatic rings.